The Kier molecular flexibility index (Phi) is 6.96. The molecule has 3 atom stereocenters. The third kappa shape index (κ3) is 5.08. The van der Waals surface area contributed by atoms with Crippen LogP contribution in [-0.2, 0) is 6.18 Å². The van der Waals surface area contributed by atoms with Crippen LogP contribution in [0.2, 0.25) is 0 Å². The molecule has 5 rings (SSSR count). The van der Waals surface area contributed by atoms with Gasteiger partial charge in [-0.15, -0.1) is 0 Å². The highest BCUT2D eigenvalue weighted by molar-refractivity contribution is 5.95. The zero-order chi connectivity index (χ0) is 26.2. The Bertz CT molecular complexity index is 1230. The number of amides is 1. The number of para-hydroxylation sites is 2. The lowest BCUT2D eigenvalue weighted by Gasteiger charge is -2.23. The van der Waals surface area contributed by atoms with Crippen molar-refractivity contribution in [3.63, 3.8) is 0 Å². The van der Waals surface area contributed by atoms with Gasteiger partial charge in [0, 0.05) is 32.2 Å². The van der Waals surface area contributed by atoms with E-state index < -0.39 is 23.3 Å². The maximum atomic E-state index is 14.2. The van der Waals surface area contributed by atoms with Gasteiger partial charge >= 0.3 is 6.18 Å². The summed E-state index contributed by atoms with van der Waals surface area (Å²) in [6, 6.07) is 16.2. The number of likely N-dealkylation sites (tertiary alicyclic amines) is 2. The number of methoxy groups -OCH3 is 1. The van der Waals surface area contributed by atoms with Crippen molar-refractivity contribution in [1.82, 2.24) is 19.6 Å². The summed E-state index contributed by atoms with van der Waals surface area (Å²) < 4.78 is 48.5. The van der Waals surface area contributed by atoms with Crippen LogP contribution in [0.3, 0.4) is 0 Å². The Morgan fingerprint density at radius 1 is 1.05 bits per heavy atom. The molecule has 0 saturated carbocycles. The molecule has 2 saturated heterocycles. The van der Waals surface area contributed by atoms with Gasteiger partial charge in [0.2, 0.25) is 0 Å². The Labute approximate surface area is 213 Å². The topological polar surface area (TPSA) is 76.6 Å². The number of fused-ring (bicyclic) bond motifs is 1. The van der Waals surface area contributed by atoms with E-state index in [4.69, 9.17) is 10.5 Å². The number of nitrogens with two attached hydrogens (primary N) is 1. The predicted octanol–water partition coefficient (Wildman–Crippen LogP) is 3.99. The minimum absolute atomic E-state index is 0.0414. The highest BCUT2D eigenvalue weighted by atomic mass is 19.4. The predicted molar refractivity (Wildman–Crippen MR) is 132 cm³/mol. The molecule has 0 spiro atoms. The highest BCUT2D eigenvalue weighted by Crippen LogP contribution is 2.38. The largest absolute Gasteiger partial charge is 0.494 e. The van der Waals surface area contributed by atoms with Gasteiger partial charge in [-0.3, -0.25) is 4.79 Å². The van der Waals surface area contributed by atoms with E-state index in [1.54, 1.807) is 23.1 Å². The smallest absolute Gasteiger partial charge is 0.434 e. The van der Waals surface area contributed by atoms with Crippen LogP contribution in [0.5, 0.6) is 5.75 Å². The Morgan fingerprint density at radius 2 is 1.70 bits per heavy atom. The van der Waals surface area contributed by atoms with Crippen LogP contribution in [-0.4, -0.2) is 65.3 Å². The Hall–Kier alpha value is -3.37. The molecule has 3 heterocycles. The van der Waals surface area contributed by atoms with Crippen LogP contribution >= 0.6 is 0 Å². The molecule has 196 valence electrons. The molecule has 2 aliphatic heterocycles. The van der Waals surface area contributed by atoms with Gasteiger partial charge < -0.3 is 20.3 Å². The minimum atomic E-state index is -4.77. The molecule has 2 aromatic carbocycles. The molecule has 10 heteroatoms. The summed E-state index contributed by atoms with van der Waals surface area (Å²) in [7, 11) is 1.38. The Balaban J connectivity index is 1.26. The molecule has 2 N–H and O–H groups in total. The molecule has 0 bridgehead atoms. The number of carbonyl (C=O) groups is 1. The second-order valence-corrected chi connectivity index (χ2v) is 9.78. The van der Waals surface area contributed by atoms with E-state index in [0.717, 1.165) is 42.5 Å². The number of halogens is 3. The molecule has 2 unspecified atom stereocenters. The van der Waals surface area contributed by atoms with E-state index in [-0.39, 0.29) is 29.3 Å². The molecular weight excluding hydrogens is 483 g/mol. The molecule has 7 nitrogen and oxygen atoms in total. The molecule has 0 aliphatic carbocycles. The lowest BCUT2D eigenvalue weighted by Crippen LogP contribution is -2.35. The summed E-state index contributed by atoms with van der Waals surface area (Å²) in [6.45, 7) is 3.33. The van der Waals surface area contributed by atoms with Crippen molar-refractivity contribution in [1.29, 1.82) is 0 Å². The van der Waals surface area contributed by atoms with Gasteiger partial charge in [0.05, 0.1) is 18.9 Å². The average Bonchev–Trinajstić information content (AvgIpc) is 3.60. The minimum Gasteiger partial charge on any atom is -0.494 e. The molecule has 37 heavy (non-hydrogen) atoms. The third-order valence-corrected chi connectivity index (χ3v) is 7.41. The summed E-state index contributed by atoms with van der Waals surface area (Å²) in [6.07, 6.45) is -2.93. The molecule has 1 amide bonds. The number of alkyl halides is 3. The fraction of sp³-hybridized carbons (Fsp3) is 0.407. The fourth-order valence-electron chi connectivity index (χ4n) is 5.56. The summed E-state index contributed by atoms with van der Waals surface area (Å²) >= 11 is 0. The summed E-state index contributed by atoms with van der Waals surface area (Å²) in [5.74, 6) is 0.0596. The third-order valence-electron chi connectivity index (χ3n) is 7.41. The lowest BCUT2D eigenvalue weighted by molar-refractivity contribution is -0.143. The Morgan fingerprint density at radius 3 is 2.35 bits per heavy atom. The van der Waals surface area contributed by atoms with Gasteiger partial charge in [0.15, 0.2) is 5.69 Å². The maximum absolute atomic E-state index is 14.2. The molecule has 2 aliphatic rings. The molecule has 0 radical (unpaired) electrons. The number of benzene rings is 2. The number of ether oxygens (including phenoxy) is 1. The van der Waals surface area contributed by atoms with E-state index in [0.29, 0.717) is 13.1 Å². The first-order valence-corrected chi connectivity index (χ1v) is 12.4. The van der Waals surface area contributed by atoms with E-state index in [1.807, 2.05) is 30.3 Å². The van der Waals surface area contributed by atoms with Crippen molar-refractivity contribution in [3.05, 3.63) is 77.6 Å². The fourth-order valence-corrected chi connectivity index (χ4v) is 5.56. The standard InChI is InChI=1S/C27H30F3N5O2/c1-37-24-10-6-5-9-23(24)35-25(27(28,29)30)21(13-32-35)26(36)34-16-19-14-33(15-20(19)17-34)12-11-22(31)18-7-3-2-4-8-18/h2-10,13,19-20,22H,11-12,14-17,31H2,1H3/t19?,20?,22-/m0/s1. The number of aromatic nitrogens is 2. The van der Waals surface area contributed by atoms with E-state index in [1.165, 1.54) is 13.2 Å². The first-order valence-electron chi connectivity index (χ1n) is 12.4. The summed E-state index contributed by atoms with van der Waals surface area (Å²) in [5.41, 5.74) is 6.04. The van der Waals surface area contributed by atoms with Crippen LogP contribution in [0.4, 0.5) is 13.2 Å². The quantitative estimate of drug-likeness (QED) is 0.517. The average molecular weight is 514 g/mol. The maximum Gasteiger partial charge on any atom is 0.434 e. The van der Waals surface area contributed by atoms with Gasteiger partial charge in [-0.05, 0) is 42.5 Å². The number of hydrogen-bond donors (Lipinski definition) is 1. The van der Waals surface area contributed by atoms with Crippen LogP contribution in [0.15, 0.2) is 60.8 Å². The van der Waals surface area contributed by atoms with Crippen molar-refractivity contribution in [2.75, 3.05) is 39.8 Å². The zero-order valence-electron chi connectivity index (χ0n) is 20.6. The highest BCUT2D eigenvalue weighted by Gasteiger charge is 2.45. The van der Waals surface area contributed by atoms with E-state index >= 15 is 0 Å². The normalized spacial score (nSPS) is 20.7. The van der Waals surface area contributed by atoms with Crippen molar-refractivity contribution in [2.24, 2.45) is 17.6 Å². The van der Waals surface area contributed by atoms with Gasteiger partial charge in [-0.1, -0.05) is 42.5 Å². The van der Waals surface area contributed by atoms with Gasteiger partial charge in [0.25, 0.3) is 5.91 Å². The van der Waals surface area contributed by atoms with Crippen molar-refractivity contribution in [2.45, 2.75) is 18.6 Å². The molecule has 1 aromatic heterocycles. The van der Waals surface area contributed by atoms with Gasteiger partial charge in [0.1, 0.15) is 11.4 Å². The first-order chi connectivity index (χ1) is 17.8. The summed E-state index contributed by atoms with van der Waals surface area (Å²) in [5, 5.41) is 3.95. The first kappa shape index (κ1) is 25.3. The van der Waals surface area contributed by atoms with Gasteiger partial charge in [-0.2, -0.15) is 18.3 Å². The molecule has 3 aromatic rings. The van der Waals surface area contributed by atoms with E-state index in [9.17, 15) is 18.0 Å². The second-order valence-electron chi connectivity index (χ2n) is 9.78. The van der Waals surface area contributed by atoms with Crippen molar-refractivity contribution in [3.8, 4) is 11.4 Å². The summed E-state index contributed by atoms with van der Waals surface area (Å²) in [4.78, 5) is 17.2. The number of hydrogen-bond acceptors (Lipinski definition) is 5. The van der Waals surface area contributed by atoms with Crippen LogP contribution < -0.4 is 10.5 Å². The monoisotopic (exact) mass is 513 g/mol. The van der Waals surface area contributed by atoms with Crippen molar-refractivity contribution >= 4 is 5.91 Å². The molecule has 2 fully saturated rings. The zero-order valence-corrected chi connectivity index (χ0v) is 20.6. The number of rotatable bonds is 7. The van der Waals surface area contributed by atoms with Crippen LogP contribution in [0.1, 0.15) is 34.1 Å². The van der Waals surface area contributed by atoms with E-state index in [2.05, 4.69) is 10.00 Å². The van der Waals surface area contributed by atoms with Gasteiger partial charge in [-0.25, -0.2) is 4.68 Å². The lowest BCUT2D eigenvalue weighted by atomic mass is 10.0. The second kappa shape index (κ2) is 10.2. The number of nitrogens with zero attached hydrogens (tertiary/aromatic N) is 4. The molecular formula is C27H30F3N5O2. The number of carbonyl (C=O) groups excluding carboxylic acids is 1. The van der Waals surface area contributed by atoms with Crippen LogP contribution in [0.25, 0.3) is 5.69 Å². The SMILES string of the molecule is COc1ccccc1-n1ncc(C(=O)N2CC3CN(CC[C@H](N)c4ccccc4)CC3C2)c1C(F)(F)F. The van der Waals surface area contributed by atoms with Crippen molar-refractivity contribution < 1.29 is 22.7 Å². The van der Waals surface area contributed by atoms with Crippen LogP contribution in [0, 0.1) is 11.8 Å².